The van der Waals surface area contributed by atoms with Crippen molar-refractivity contribution < 1.29 is 22.6 Å². The predicted octanol–water partition coefficient (Wildman–Crippen LogP) is 4.93. The van der Waals surface area contributed by atoms with Gasteiger partial charge in [-0.05, 0) is 31.0 Å². The molecule has 5 heteroatoms. The van der Waals surface area contributed by atoms with E-state index in [-0.39, 0.29) is 0 Å². The highest BCUT2D eigenvalue weighted by molar-refractivity contribution is 5.45. The van der Waals surface area contributed by atoms with Crippen LogP contribution in [-0.2, 0) is 15.7 Å². The zero-order valence-corrected chi connectivity index (χ0v) is 13.4. The molecular weight excluding hydrogens is 305 g/mol. The lowest BCUT2D eigenvalue weighted by molar-refractivity contribution is -0.138. The first-order valence-electron chi connectivity index (χ1n) is 7.74. The minimum absolute atomic E-state index is 0.313. The first-order chi connectivity index (χ1) is 11.0. The van der Waals surface area contributed by atoms with Gasteiger partial charge < -0.3 is 9.47 Å². The normalized spacial score (nSPS) is 16.3. The summed E-state index contributed by atoms with van der Waals surface area (Å²) >= 11 is 0. The highest BCUT2D eigenvalue weighted by Crippen LogP contribution is 2.33. The van der Waals surface area contributed by atoms with Crippen molar-refractivity contribution in [1.29, 1.82) is 0 Å². The summed E-state index contributed by atoms with van der Waals surface area (Å²) in [6.45, 7) is 0. The second-order valence-corrected chi connectivity index (χ2v) is 5.71. The third-order valence-electron chi connectivity index (χ3n) is 4.08. The molecule has 1 aliphatic carbocycles. The molecule has 0 atom stereocenters. The predicted molar refractivity (Wildman–Crippen MR) is 81.7 cm³/mol. The maximum Gasteiger partial charge on any atom is 0.416 e. The summed E-state index contributed by atoms with van der Waals surface area (Å²) in [6.07, 6.45) is 0.403. The van der Waals surface area contributed by atoms with Gasteiger partial charge in [-0.1, -0.05) is 31.1 Å². The molecule has 1 saturated carbocycles. The number of benzene rings is 1. The first-order valence-corrected chi connectivity index (χ1v) is 7.74. The summed E-state index contributed by atoms with van der Waals surface area (Å²) < 4.78 is 49.0. The van der Waals surface area contributed by atoms with E-state index in [0.717, 1.165) is 37.8 Å². The van der Waals surface area contributed by atoms with Crippen LogP contribution in [0.4, 0.5) is 13.2 Å². The summed E-state index contributed by atoms with van der Waals surface area (Å²) in [5.41, 5.74) is 0.111. The second-order valence-electron chi connectivity index (χ2n) is 5.71. The molecule has 1 aromatic carbocycles. The molecule has 0 bridgehead atoms. The van der Waals surface area contributed by atoms with Crippen molar-refractivity contribution in [3.05, 3.63) is 34.9 Å². The van der Waals surface area contributed by atoms with Gasteiger partial charge in [0.25, 0.3) is 0 Å². The number of methoxy groups -OCH3 is 2. The van der Waals surface area contributed by atoms with Crippen LogP contribution in [0.2, 0.25) is 0 Å². The topological polar surface area (TPSA) is 18.5 Å². The second kappa shape index (κ2) is 7.85. The fourth-order valence-electron chi connectivity index (χ4n) is 2.82. The molecule has 1 aliphatic rings. The van der Waals surface area contributed by atoms with Gasteiger partial charge in [-0.25, -0.2) is 0 Å². The average molecular weight is 326 g/mol. The Morgan fingerprint density at radius 1 is 1.09 bits per heavy atom. The van der Waals surface area contributed by atoms with Crippen LogP contribution in [0.1, 0.15) is 55.1 Å². The van der Waals surface area contributed by atoms with Gasteiger partial charge in [0.05, 0.1) is 5.56 Å². The zero-order valence-electron chi connectivity index (χ0n) is 13.4. The van der Waals surface area contributed by atoms with E-state index in [4.69, 9.17) is 9.47 Å². The molecule has 0 spiro atoms. The molecule has 0 unspecified atom stereocenters. The molecule has 0 heterocycles. The van der Waals surface area contributed by atoms with Gasteiger partial charge in [-0.2, -0.15) is 13.2 Å². The lowest BCUT2D eigenvalue weighted by atomic mass is 9.89. The van der Waals surface area contributed by atoms with E-state index in [1.54, 1.807) is 0 Å². The largest absolute Gasteiger partial charge is 0.416 e. The highest BCUT2D eigenvalue weighted by Gasteiger charge is 2.32. The molecule has 1 fully saturated rings. The van der Waals surface area contributed by atoms with Crippen LogP contribution in [0.3, 0.4) is 0 Å². The molecule has 2 nitrogen and oxygen atoms in total. The van der Waals surface area contributed by atoms with Crippen molar-refractivity contribution in [2.75, 3.05) is 14.2 Å². The van der Waals surface area contributed by atoms with Gasteiger partial charge in [0.15, 0.2) is 6.29 Å². The van der Waals surface area contributed by atoms with E-state index in [2.05, 4.69) is 11.8 Å². The van der Waals surface area contributed by atoms with Crippen molar-refractivity contribution in [3.63, 3.8) is 0 Å². The Kier molecular flexibility index (Phi) is 6.09. The van der Waals surface area contributed by atoms with Crippen molar-refractivity contribution in [3.8, 4) is 11.8 Å². The molecule has 126 valence electrons. The lowest BCUT2D eigenvalue weighted by Gasteiger charge is -2.18. The number of hydrogen-bond donors (Lipinski definition) is 0. The van der Waals surface area contributed by atoms with E-state index in [1.165, 1.54) is 26.7 Å². The number of rotatable bonds is 3. The van der Waals surface area contributed by atoms with E-state index in [9.17, 15) is 13.2 Å². The summed E-state index contributed by atoms with van der Waals surface area (Å²) in [5, 5.41) is 0. The number of alkyl halides is 3. The Hall–Kier alpha value is -1.51. The molecule has 0 aromatic heterocycles. The van der Waals surface area contributed by atoms with Gasteiger partial charge in [-0.15, -0.1) is 0 Å². The van der Waals surface area contributed by atoms with Crippen molar-refractivity contribution in [2.24, 2.45) is 5.92 Å². The number of halogens is 3. The van der Waals surface area contributed by atoms with Gasteiger partial charge in [0, 0.05) is 31.3 Å². The molecule has 0 amide bonds. The monoisotopic (exact) mass is 326 g/mol. The van der Waals surface area contributed by atoms with Crippen LogP contribution in [0.25, 0.3) is 0 Å². The molecule has 23 heavy (non-hydrogen) atoms. The minimum atomic E-state index is -4.41. The van der Waals surface area contributed by atoms with E-state index in [1.807, 2.05) is 0 Å². The molecule has 0 aliphatic heterocycles. The Balaban J connectivity index is 2.35. The summed E-state index contributed by atoms with van der Waals surface area (Å²) in [5.74, 6) is 6.55. The zero-order chi connectivity index (χ0) is 16.9. The van der Waals surface area contributed by atoms with Gasteiger partial charge in [0.2, 0.25) is 0 Å². The van der Waals surface area contributed by atoms with Crippen LogP contribution >= 0.6 is 0 Å². The average Bonchev–Trinajstić information content (AvgIpc) is 2.54. The SMILES string of the molecule is COC(OC)c1cc(C(F)(F)F)ccc1C#CC1CCCCC1. The number of hydrogen-bond acceptors (Lipinski definition) is 2. The molecule has 0 N–H and O–H groups in total. The third kappa shape index (κ3) is 4.73. The quantitative estimate of drug-likeness (QED) is 0.579. The highest BCUT2D eigenvalue weighted by atomic mass is 19.4. The summed E-state index contributed by atoms with van der Waals surface area (Å²) in [4.78, 5) is 0. The van der Waals surface area contributed by atoms with Crippen LogP contribution in [-0.4, -0.2) is 14.2 Å². The Labute approximate surface area is 135 Å². The van der Waals surface area contributed by atoms with Crippen LogP contribution < -0.4 is 0 Å². The molecular formula is C18H21F3O2. The van der Waals surface area contributed by atoms with E-state index in [0.29, 0.717) is 17.0 Å². The first kappa shape index (κ1) is 17.8. The standard InChI is InChI=1S/C18H21F3O2/c1-22-17(23-2)16-12-15(18(19,20)21)11-10-14(16)9-8-13-6-4-3-5-7-13/h10-13,17H,3-7H2,1-2H3. The van der Waals surface area contributed by atoms with Crippen molar-refractivity contribution >= 4 is 0 Å². The van der Waals surface area contributed by atoms with Crippen molar-refractivity contribution in [1.82, 2.24) is 0 Å². The van der Waals surface area contributed by atoms with Gasteiger partial charge in [0.1, 0.15) is 0 Å². The Bertz CT molecular complexity index is 574. The van der Waals surface area contributed by atoms with Crippen LogP contribution in [0, 0.1) is 17.8 Å². The van der Waals surface area contributed by atoms with E-state index >= 15 is 0 Å². The third-order valence-corrected chi connectivity index (χ3v) is 4.08. The molecule has 2 rings (SSSR count). The minimum Gasteiger partial charge on any atom is -0.352 e. The molecule has 1 aromatic rings. The molecule has 0 saturated heterocycles. The van der Waals surface area contributed by atoms with Gasteiger partial charge >= 0.3 is 6.18 Å². The fraction of sp³-hybridized carbons (Fsp3) is 0.556. The number of ether oxygens (including phenoxy) is 2. The Morgan fingerprint density at radius 2 is 1.74 bits per heavy atom. The summed E-state index contributed by atoms with van der Waals surface area (Å²) in [7, 11) is 2.79. The smallest absolute Gasteiger partial charge is 0.352 e. The van der Waals surface area contributed by atoms with Crippen molar-refractivity contribution in [2.45, 2.75) is 44.6 Å². The fourth-order valence-corrected chi connectivity index (χ4v) is 2.82. The Morgan fingerprint density at radius 3 is 2.30 bits per heavy atom. The summed E-state index contributed by atoms with van der Waals surface area (Å²) in [6, 6.07) is 3.51. The molecule has 0 radical (unpaired) electrons. The van der Waals surface area contributed by atoms with Crippen LogP contribution in [0.15, 0.2) is 18.2 Å². The van der Waals surface area contributed by atoms with Gasteiger partial charge in [-0.3, -0.25) is 0 Å². The van der Waals surface area contributed by atoms with E-state index < -0.39 is 18.0 Å². The maximum atomic E-state index is 12.9. The lowest BCUT2D eigenvalue weighted by Crippen LogP contribution is -2.11. The van der Waals surface area contributed by atoms with Crippen LogP contribution in [0.5, 0.6) is 0 Å². The maximum absolute atomic E-state index is 12.9.